The van der Waals surface area contributed by atoms with Gasteiger partial charge in [0, 0.05) is 11.4 Å². The fourth-order valence-electron chi connectivity index (χ4n) is 1.20. The second kappa shape index (κ2) is 6.18. The molecule has 114 valence electrons. The van der Waals surface area contributed by atoms with Gasteiger partial charge in [-0.15, -0.1) is 11.3 Å². The van der Waals surface area contributed by atoms with Crippen molar-refractivity contribution in [3.05, 3.63) is 17.0 Å². The molecule has 1 heterocycles. The van der Waals surface area contributed by atoms with Crippen LogP contribution >= 0.6 is 11.3 Å². The van der Waals surface area contributed by atoms with Gasteiger partial charge in [-0.3, -0.25) is 4.79 Å². The number of ether oxygens (including phenoxy) is 1. The third kappa shape index (κ3) is 4.24. The summed E-state index contributed by atoms with van der Waals surface area (Å²) < 4.78 is 52.1. The number of hydrogen-bond acceptors (Lipinski definition) is 7. The van der Waals surface area contributed by atoms with Crippen molar-refractivity contribution in [2.75, 3.05) is 7.11 Å². The first-order valence-electron chi connectivity index (χ1n) is 5.25. The maximum Gasteiger partial charge on any atom is 0.325 e. The molecule has 1 aromatic heterocycles. The highest BCUT2D eigenvalue weighted by atomic mass is 32.2. The van der Waals surface area contributed by atoms with E-state index in [1.54, 1.807) is 0 Å². The molecule has 0 saturated carbocycles. The van der Waals surface area contributed by atoms with Crippen LogP contribution in [0.4, 0.5) is 0 Å². The summed E-state index contributed by atoms with van der Waals surface area (Å²) in [7, 11) is -6.61. The molecule has 1 rings (SSSR count). The Bertz CT molecular complexity index is 691. The number of thiophene rings is 1. The molecule has 3 N–H and O–H groups in total. The molecule has 1 atom stereocenters. The number of carbonyl (C=O) groups excluding carboxylic acids is 1. The van der Waals surface area contributed by atoms with Crippen molar-refractivity contribution in [1.82, 2.24) is 4.72 Å². The Kier molecular flexibility index (Phi) is 5.27. The molecular weight excluding hydrogens is 328 g/mol. The topological polar surface area (TPSA) is 133 Å². The first-order valence-corrected chi connectivity index (χ1v) is 9.16. The van der Waals surface area contributed by atoms with E-state index in [-0.39, 0.29) is 10.8 Å². The summed E-state index contributed by atoms with van der Waals surface area (Å²) in [6, 6.07) is 2.73. The number of esters is 1. The average molecular weight is 342 g/mol. The summed E-state index contributed by atoms with van der Waals surface area (Å²) in [5, 5.41) is 3.58. The van der Waals surface area contributed by atoms with E-state index in [0.717, 1.165) is 18.4 Å². The molecule has 11 heteroatoms. The highest BCUT2D eigenvalue weighted by Crippen LogP contribution is 2.20. The van der Waals surface area contributed by atoms with E-state index in [0.29, 0.717) is 4.88 Å². The lowest BCUT2D eigenvalue weighted by atomic mass is 10.5. The van der Waals surface area contributed by atoms with Gasteiger partial charge in [-0.25, -0.2) is 26.7 Å². The molecule has 0 amide bonds. The first-order chi connectivity index (χ1) is 9.08. The zero-order valence-electron chi connectivity index (χ0n) is 10.7. The maximum atomic E-state index is 11.8. The molecule has 0 bridgehead atoms. The zero-order valence-corrected chi connectivity index (χ0v) is 13.1. The van der Waals surface area contributed by atoms with E-state index in [9.17, 15) is 21.6 Å². The fraction of sp³-hybridized carbons (Fsp3) is 0.444. The van der Waals surface area contributed by atoms with Gasteiger partial charge in [0.15, 0.2) is 5.25 Å². The lowest BCUT2D eigenvalue weighted by Crippen LogP contribution is -2.37. The van der Waals surface area contributed by atoms with Gasteiger partial charge in [0.05, 0.1) is 7.11 Å². The molecule has 0 aromatic carbocycles. The number of rotatable bonds is 6. The Morgan fingerprint density at radius 1 is 1.40 bits per heavy atom. The lowest BCUT2D eigenvalue weighted by Gasteiger charge is -2.11. The van der Waals surface area contributed by atoms with Crippen LogP contribution in [-0.2, 0) is 36.1 Å². The van der Waals surface area contributed by atoms with Gasteiger partial charge >= 0.3 is 5.97 Å². The Hall–Kier alpha value is -1.01. The van der Waals surface area contributed by atoms with Crippen molar-refractivity contribution in [2.24, 2.45) is 5.14 Å². The smallest absolute Gasteiger partial charge is 0.325 e. The van der Waals surface area contributed by atoms with Crippen LogP contribution in [0.15, 0.2) is 16.3 Å². The van der Waals surface area contributed by atoms with Gasteiger partial charge in [-0.1, -0.05) is 0 Å². The fourth-order valence-corrected chi connectivity index (χ4v) is 3.96. The van der Waals surface area contributed by atoms with E-state index in [2.05, 4.69) is 9.46 Å². The molecule has 0 aliphatic heterocycles. The summed E-state index contributed by atoms with van der Waals surface area (Å²) in [5.41, 5.74) is 0. The SMILES string of the molecule is COC(=O)C(C)S(=O)(=O)NCc1ccc(S(N)(=O)=O)s1. The molecule has 8 nitrogen and oxygen atoms in total. The highest BCUT2D eigenvalue weighted by molar-refractivity contribution is 7.91. The molecule has 0 aliphatic rings. The van der Waals surface area contributed by atoms with Crippen LogP contribution in [0, 0.1) is 0 Å². The number of sulfonamides is 2. The maximum absolute atomic E-state index is 11.8. The minimum Gasteiger partial charge on any atom is -0.468 e. The molecule has 1 aromatic rings. The van der Waals surface area contributed by atoms with Crippen molar-refractivity contribution in [1.29, 1.82) is 0 Å². The van der Waals surface area contributed by atoms with Crippen molar-refractivity contribution in [3.8, 4) is 0 Å². The van der Waals surface area contributed by atoms with E-state index in [4.69, 9.17) is 5.14 Å². The first kappa shape index (κ1) is 17.0. The van der Waals surface area contributed by atoms with Gasteiger partial charge in [-0.2, -0.15) is 0 Å². The van der Waals surface area contributed by atoms with Crippen molar-refractivity contribution >= 4 is 37.4 Å². The lowest BCUT2D eigenvalue weighted by molar-refractivity contribution is -0.139. The van der Waals surface area contributed by atoms with Gasteiger partial charge in [-0.05, 0) is 19.1 Å². The molecule has 0 aliphatic carbocycles. The number of nitrogens with one attached hydrogen (secondary N) is 1. The second-order valence-electron chi connectivity index (χ2n) is 3.80. The van der Waals surface area contributed by atoms with Gasteiger partial charge in [0.25, 0.3) is 0 Å². The number of primary sulfonamides is 1. The average Bonchev–Trinajstić information content (AvgIpc) is 2.83. The molecule has 0 saturated heterocycles. The summed E-state index contributed by atoms with van der Waals surface area (Å²) in [6.45, 7) is 1.06. The standard InChI is InChI=1S/C9H14N2O6S3/c1-6(9(12)17-2)20(15,16)11-5-7-3-4-8(18-7)19(10,13)14/h3-4,6,11H,5H2,1-2H3,(H2,10,13,14). The van der Waals surface area contributed by atoms with Crippen molar-refractivity contribution in [3.63, 3.8) is 0 Å². The van der Waals surface area contributed by atoms with Crippen LogP contribution < -0.4 is 9.86 Å². The number of nitrogens with two attached hydrogens (primary N) is 1. The van der Waals surface area contributed by atoms with E-state index >= 15 is 0 Å². The van der Waals surface area contributed by atoms with Crippen molar-refractivity contribution in [2.45, 2.75) is 22.9 Å². The molecule has 0 radical (unpaired) electrons. The van der Waals surface area contributed by atoms with Crippen LogP contribution in [0.5, 0.6) is 0 Å². The van der Waals surface area contributed by atoms with Gasteiger partial charge < -0.3 is 4.74 Å². The Morgan fingerprint density at radius 3 is 2.45 bits per heavy atom. The van der Waals surface area contributed by atoms with E-state index in [1.807, 2.05) is 0 Å². The number of hydrogen-bond donors (Lipinski definition) is 2. The van der Waals surface area contributed by atoms with Gasteiger partial charge in [0.1, 0.15) is 4.21 Å². The Morgan fingerprint density at radius 2 is 2.00 bits per heavy atom. The highest BCUT2D eigenvalue weighted by Gasteiger charge is 2.28. The summed E-state index contributed by atoms with van der Waals surface area (Å²) in [4.78, 5) is 11.6. The minimum atomic E-state index is -3.89. The molecule has 1 unspecified atom stereocenters. The summed E-state index contributed by atoms with van der Waals surface area (Å²) in [5.74, 6) is -0.881. The summed E-state index contributed by atoms with van der Waals surface area (Å²) >= 11 is 0.850. The molecule has 0 fully saturated rings. The zero-order chi connectivity index (χ0) is 15.6. The quantitative estimate of drug-likeness (QED) is 0.662. The Labute approximate surface area is 121 Å². The Balaban J connectivity index is 2.77. The third-order valence-electron chi connectivity index (χ3n) is 2.36. The predicted molar refractivity (Wildman–Crippen MR) is 72.9 cm³/mol. The minimum absolute atomic E-state index is 0.0623. The normalized spacial score (nSPS) is 13.9. The van der Waals surface area contributed by atoms with Crippen molar-refractivity contribution < 1.29 is 26.4 Å². The van der Waals surface area contributed by atoms with Crippen LogP contribution in [0.25, 0.3) is 0 Å². The largest absolute Gasteiger partial charge is 0.468 e. The third-order valence-corrected chi connectivity index (χ3v) is 6.56. The summed E-state index contributed by atoms with van der Waals surface area (Å²) in [6.07, 6.45) is 0. The molecule has 20 heavy (non-hydrogen) atoms. The molecule has 0 spiro atoms. The van der Waals surface area contributed by atoms with Crippen LogP contribution in [0.2, 0.25) is 0 Å². The number of methoxy groups -OCH3 is 1. The predicted octanol–water partition coefficient (Wildman–Crippen LogP) is -0.624. The van der Waals surface area contributed by atoms with Crippen LogP contribution in [-0.4, -0.2) is 35.2 Å². The second-order valence-corrected chi connectivity index (χ2v) is 8.84. The van der Waals surface area contributed by atoms with E-state index in [1.165, 1.54) is 19.1 Å². The van der Waals surface area contributed by atoms with Gasteiger partial charge in [0.2, 0.25) is 20.0 Å². The van der Waals surface area contributed by atoms with E-state index < -0.39 is 31.3 Å². The monoisotopic (exact) mass is 342 g/mol. The molecular formula is C9H14N2O6S3. The van der Waals surface area contributed by atoms with Crippen LogP contribution in [0.1, 0.15) is 11.8 Å². The number of carbonyl (C=O) groups is 1. The van der Waals surface area contributed by atoms with Crippen LogP contribution in [0.3, 0.4) is 0 Å².